The van der Waals surface area contributed by atoms with E-state index in [4.69, 9.17) is 0 Å². The number of thiophene rings is 1. The molecule has 0 spiro atoms. The maximum atomic E-state index is 12.3. The van der Waals surface area contributed by atoms with Crippen molar-refractivity contribution in [3.05, 3.63) is 51.5 Å². The highest BCUT2D eigenvalue weighted by molar-refractivity contribution is 7.14. The van der Waals surface area contributed by atoms with Gasteiger partial charge in [0.05, 0.1) is 16.6 Å². The maximum Gasteiger partial charge on any atom is 0.261 e. The van der Waals surface area contributed by atoms with Gasteiger partial charge in [-0.1, -0.05) is 6.07 Å². The molecule has 2 heterocycles. The maximum absolute atomic E-state index is 12.3. The van der Waals surface area contributed by atoms with Gasteiger partial charge in [-0.25, -0.2) is 0 Å². The molecule has 0 saturated heterocycles. The molecule has 3 nitrogen and oxygen atoms in total. The van der Waals surface area contributed by atoms with Gasteiger partial charge in [0.15, 0.2) is 0 Å². The lowest BCUT2D eigenvalue weighted by Gasteiger charge is -2.12. The summed E-state index contributed by atoms with van der Waals surface area (Å²) in [6.45, 7) is 1.97. The number of carbonyl (C=O) groups excluding carboxylic acids is 1. The summed E-state index contributed by atoms with van der Waals surface area (Å²) in [7, 11) is 0. The van der Waals surface area contributed by atoms with Gasteiger partial charge in [-0.15, -0.1) is 11.3 Å². The number of hydrogen-bond acceptors (Lipinski definition) is 3. The van der Waals surface area contributed by atoms with E-state index in [-0.39, 0.29) is 11.9 Å². The van der Waals surface area contributed by atoms with E-state index in [1.807, 2.05) is 25.1 Å². The summed E-state index contributed by atoms with van der Waals surface area (Å²) >= 11 is 1.65. The molecular weight excluding hydrogens is 268 g/mol. The highest BCUT2D eigenvalue weighted by atomic mass is 32.1. The smallest absolute Gasteiger partial charge is 0.261 e. The Morgan fingerprint density at radius 1 is 1.35 bits per heavy atom. The number of aryl methyl sites for hydroxylation is 2. The fraction of sp³-hybridized carbons (Fsp3) is 0.375. The third kappa shape index (κ3) is 2.75. The lowest BCUT2D eigenvalue weighted by atomic mass is 9.99. The van der Waals surface area contributed by atoms with Crippen molar-refractivity contribution in [2.45, 2.75) is 38.6 Å². The van der Waals surface area contributed by atoms with Crippen molar-refractivity contribution in [1.29, 1.82) is 0 Å². The monoisotopic (exact) mass is 286 g/mol. The predicted molar refractivity (Wildman–Crippen MR) is 81.1 cm³/mol. The van der Waals surface area contributed by atoms with E-state index in [0.29, 0.717) is 0 Å². The normalized spacial score (nSPS) is 15.4. The van der Waals surface area contributed by atoms with E-state index in [9.17, 15) is 4.79 Å². The van der Waals surface area contributed by atoms with E-state index in [0.717, 1.165) is 23.4 Å². The van der Waals surface area contributed by atoms with Gasteiger partial charge in [0.2, 0.25) is 0 Å². The van der Waals surface area contributed by atoms with Crippen molar-refractivity contribution >= 4 is 17.2 Å². The second-order valence-corrected chi connectivity index (χ2v) is 6.35. The van der Waals surface area contributed by atoms with Gasteiger partial charge in [-0.2, -0.15) is 0 Å². The Balaban J connectivity index is 1.71. The average molecular weight is 286 g/mol. The standard InChI is InChI=1S/C16H18N2OS/c1-11(13-7-4-5-9-17-13)18-16(19)15-10-12-6-2-3-8-14(12)20-15/h4-5,7,9-11H,2-3,6,8H2,1H3,(H,18,19)/t11-/m0/s1. The molecule has 0 aromatic carbocycles. The molecule has 2 aromatic heterocycles. The van der Waals surface area contributed by atoms with Crippen molar-refractivity contribution in [3.8, 4) is 0 Å². The summed E-state index contributed by atoms with van der Waals surface area (Å²) in [6, 6.07) is 7.76. The first-order valence-electron chi connectivity index (χ1n) is 7.07. The quantitative estimate of drug-likeness (QED) is 0.938. The summed E-state index contributed by atoms with van der Waals surface area (Å²) in [5.74, 6) is 0.0163. The molecule has 0 fully saturated rings. The largest absolute Gasteiger partial charge is 0.343 e. The number of nitrogens with zero attached hydrogens (tertiary/aromatic N) is 1. The molecular formula is C16H18N2OS. The molecule has 0 aliphatic heterocycles. The summed E-state index contributed by atoms with van der Waals surface area (Å²) in [4.78, 5) is 18.8. The number of pyridine rings is 1. The van der Waals surface area contributed by atoms with E-state index in [1.165, 1.54) is 23.3 Å². The number of rotatable bonds is 3. The van der Waals surface area contributed by atoms with Crippen LogP contribution in [0.5, 0.6) is 0 Å². The molecule has 104 valence electrons. The number of carbonyl (C=O) groups is 1. The molecule has 1 aliphatic carbocycles. The van der Waals surface area contributed by atoms with Crippen LogP contribution in [0.25, 0.3) is 0 Å². The molecule has 1 amide bonds. The minimum absolute atomic E-state index is 0.0163. The van der Waals surface area contributed by atoms with E-state index >= 15 is 0 Å². The number of hydrogen-bond donors (Lipinski definition) is 1. The SMILES string of the molecule is C[C@H](NC(=O)c1cc2c(s1)CCCC2)c1ccccn1. The Morgan fingerprint density at radius 3 is 2.95 bits per heavy atom. The van der Waals surface area contributed by atoms with Gasteiger partial charge < -0.3 is 5.32 Å². The van der Waals surface area contributed by atoms with Crippen LogP contribution in [0.3, 0.4) is 0 Å². The van der Waals surface area contributed by atoms with Crippen molar-refractivity contribution in [2.75, 3.05) is 0 Å². The Hall–Kier alpha value is -1.68. The zero-order chi connectivity index (χ0) is 13.9. The Bertz CT molecular complexity index is 583. The first-order valence-corrected chi connectivity index (χ1v) is 7.89. The van der Waals surface area contributed by atoms with Gasteiger partial charge in [-0.3, -0.25) is 9.78 Å². The molecule has 0 saturated carbocycles. The average Bonchev–Trinajstić information content (AvgIpc) is 2.92. The second-order valence-electron chi connectivity index (χ2n) is 5.22. The van der Waals surface area contributed by atoms with Crippen molar-refractivity contribution in [1.82, 2.24) is 10.3 Å². The van der Waals surface area contributed by atoms with Gasteiger partial charge in [0.1, 0.15) is 0 Å². The Kier molecular flexibility index (Phi) is 3.83. The van der Waals surface area contributed by atoms with Crippen LogP contribution in [0.4, 0.5) is 0 Å². The first kappa shape index (κ1) is 13.3. The second kappa shape index (κ2) is 5.75. The summed E-state index contributed by atoms with van der Waals surface area (Å²) < 4.78 is 0. The fourth-order valence-corrected chi connectivity index (χ4v) is 3.73. The minimum Gasteiger partial charge on any atom is -0.343 e. The van der Waals surface area contributed by atoms with Crippen LogP contribution >= 0.6 is 11.3 Å². The summed E-state index contributed by atoms with van der Waals surface area (Å²) in [6.07, 6.45) is 6.49. The summed E-state index contributed by atoms with van der Waals surface area (Å²) in [5.41, 5.74) is 2.26. The number of aromatic nitrogens is 1. The molecule has 0 unspecified atom stereocenters. The molecule has 20 heavy (non-hydrogen) atoms. The van der Waals surface area contributed by atoms with Gasteiger partial charge in [0.25, 0.3) is 5.91 Å². The lowest BCUT2D eigenvalue weighted by molar-refractivity contribution is 0.0943. The van der Waals surface area contributed by atoms with Crippen LogP contribution < -0.4 is 5.32 Å². The van der Waals surface area contributed by atoms with E-state index < -0.39 is 0 Å². The summed E-state index contributed by atoms with van der Waals surface area (Å²) in [5, 5.41) is 3.03. The molecule has 1 aliphatic rings. The van der Waals surface area contributed by atoms with E-state index in [1.54, 1.807) is 17.5 Å². The van der Waals surface area contributed by atoms with Crippen LogP contribution in [-0.4, -0.2) is 10.9 Å². The third-order valence-corrected chi connectivity index (χ3v) is 4.94. The minimum atomic E-state index is -0.0668. The zero-order valence-corrected chi connectivity index (χ0v) is 12.4. The van der Waals surface area contributed by atoms with Crippen LogP contribution in [-0.2, 0) is 12.8 Å². The number of nitrogens with one attached hydrogen (secondary N) is 1. The highest BCUT2D eigenvalue weighted by Gasteiger charge is 2.18. The molecule has 2 aromatic rings. The van der Waals surface area contributed by atoms with Crippen molar-refractivity contribution in [2.24, 2.45) is 0 Å². The van der Waals surface area contributed by atoms with E-state index in [2.05, 4.69) is 16.4 Å². The van der Waals surface area contributed by atoms with Crippen LogP contribution in [0.15, 0.2) is 30.5 Å². The molecule has 4 heteroatoms. The molecule has 3 rings (SSSR count). The molecule has 0 bridgehead atoms. The van der Waals surface area contributed by atoms with Crippen LogP contribution in [0.2, 0.25) is 0 Å². The van der Waals surface area contributed by atoms with Crippen LogP contribution in [0.1, 0.15) is 51.6 Å². The molecule has 1 atom stereocenters. The number of fused-ring (bicyclic) bond motifs is 1. The number of amides is 1. The third-order valence-electron chi connectivity index (χ3n) is 3.70. The predicted octanol–water partition coefficient (Wildman–Crippen LogP) is 3.51. The van der Waals surface area contributed by atoms with Gasteiger partial charge in [-0.05, 0) is 56.4 Å². The fourth-order valence-electron chi connectivity index (χ4n) is 2.58. The zero-order valence-electron chi connectivity index (χ0n) is 11.6. The first-order chi connectivity index (χ1) is 9.74. The van der Waals surface area contributed by atoms with Crippen LogP contribution in [0, 0.1) is 0 Å². The molecule has 1 N–H and O–H groups in total. The lowest BCUT2D eigenvalue weighted by Crippen LogP contribution is -2.26. The Morgan fingerprint density at radius 2 is 2.20 bits per heavy atom. The van der Waals surface area contributed by atoms with Gasteiger partial charge >= 0.3 is 0 Å². The van der Waals surface area contributed by atoms with Gasteiger partial charge in [0, 0.05) is 11.1 Å². The topological polar surface area (TPSA) is 42.0 Å². The highest BCUT2D eigenvalue weighted by Crippen LogP contribution is 2.29. The molecule has 0 radical (unpaired) electrons. The Labute approximate surface area is 123 Å². The van der Waals surface area contributed by atoms with Crippen molar-refractivity contribution in [3.63, 3.8) is 0 Å². The van der Waals surface area contributed by atoms with Crippen molar-refractivity contribution < 1.29 is 4.79 Å².